The van der Waals surface area contributed by atoms with Gasteiger partial charge in [-0.15, -0.1) is 0 Å². The lowest BCUT2D eigenvalue weighted by molar-refractivity contribution is 0.595. The van der Waals surface area contributed by atoms with E-state index in [2.05, 4.69) is 10.3 Å². The number of hydrogen-bond acceptors (Lipinski definition) is 2. The minimum atomic E-state index is -0.161. The molecule has 17 heavy (non-hydrogen) atoms. The smallest absolute Gasteiger partial charge is 0.150 e. The van der Waals surface area contributed by atoms with Crippen LogP contribution in [0.3, 0.4) is 0 Å². The third-order valence-corrected chi connectivity index (χ3v) is 3.21. The summed E-state index contributed by atoms with van der Waals surface area (Å²) in [5.41, 5.74) is 3.41. The van der Waals surface area contributed by atoms with Gasteiger partial charge >= 0.3 is 0 Å². The number of rotatable bonds is 1. The normalized spacial score (nSPS) is 14.7. The summed E-state index contributed by atoms with van der Waals surface area (Å²) in [6, 6.07) is 5.46. The largest absolute Gasteiger partial charge is 0.311 e. The molecule has 3 nitrogen and oxygen atoms in total. The van der Waals surface area contributed by atoms with E-state index in [1.54, 1.807) is 25.4 Å². The molecule has 1 aromatic heterocycles. The standard InChI is InChI=1S/C13H14FN3/c1-9-3-2-4-12(13(9)14)17-8-16-10-7-15-6-5-11(10)17/h2-4,8,15H,5-7H2,1H3. The summed E-state index contributed by atoms with van der Waals surface area (Å²) in [4.78, 5) is 4.34. The molecule has 0 amide bonds. The maximum Gasteiger partial charge on any atom is 0.150 e. The molecule has 3 rings (SSSR count). The Kier molecular flexibility index (Phi) is 2.44. The van der Waals surface area contributed by atoms with Gasteiger partial charge in [-0.1, -0.05) is 12.1 Å². The quantitative estimate of drug-likeness (QED) is 0.813. The average molecular weight is 231 g/mol. The molecule has 2 heterocycles. The highest BCUT2D eigenvalue weighted by Gasteiger charge is 2.17. The highest BCUT2D eigenvalue weighted by Crippen LogP contribution is 2.21. The molecule has 0 saturated carbocycles. The molecule has 0 saturated heterocycles. The molecule has 1 aliphatic rings. The van der Waals surface area contributed by atoms with Gasteiger partial charge in [0.1, 0.15) is 5.82 Å². The molecule has 88 valence electrons. The van der Waals surface area contributed by atoms with Crippen molar-refractivity contribution < 1.29 is 4.39 Å². The number of aryl methyl sites for hydroxylation is 1. The van der Waals surface area contributed by atoms with Gasteiger partial charge in [-0.05, 0) is 18.6 Å². The van der Waals surface area contributed by atoms with Crippen LogP contribution >= 0.6 is 0 Å². The summed E-state index contributed by atoms with van der Waals surface area (Å²) in [6.07, 6.45) is 2.61. The van der Waals surface area contributed by atoms with Gasteiger partial charge < -0.3 is 5.32 Å². The van der Waals surface area contributed by atoms with Crippen molar-refractivity contribution in [1.82, 2.24) is 14.9 Å². The van der Waals surface area contributed by atoms with Crippen LogP contribution in [0.2, 0.25) is 0 Å². The number of imidazole rings is 1. The summed E-state index contributed by atoms with van der Waals surface area (Å²) >= 11 is 0. The van der Waals surface area contributed by atoms with Crippen LogP contribution in [0.15, 0.2) is 24.5 Å². The molecular formula is C13H14FN3. The van der Waals surface area contributed by atoms with Gasteiger partial charge in [0.2, 0.25) is 0 Å². The summed E-state index contributed by atoms with van der Waals surface area (Å²) < 4.78 is 15.9. The van der Waals surface area contributed by atoms with Gasteiger partial charge in [-0.2, -0.15) is 0 Å². The number of nitrogens with one attached hydrogen (secondary N) is 1. The first-order chi connectivity index (χ1) is 8.27. The fourth-order valence-electron chi connectivity index (χ4n) is 2.26. The van der Waals surface area contributed by atoms with Gasteiger partial charge in [0, 0.05) is 25.2 Å². The van der Waals surface area contributed by atoms with Crippen LogP contribution in [0.5, 0.6) is 0 Å². The number of hydrogen-bond donors (Lipinski definition) is 1. The lowest BCUT2D eigenvalue weighted by Gasteiger charge is -2.16. The molecule has 4 heteroatoms. The molecule has 0 bridgehead atoms. The van der Waals surface area contributed by atoms with Gasteiger partial charge in [-0.25, -0.2) is 9.37 Å². The van der Waals surface area contributed by atoms with E-state index in [9.17, 15) is 4.39 Å². The second kappa shape index (κ2) is 3.96. The second-order valence-electron chi connectivity index (χ2n) is 4.34. The van der Waals surface area contributed by atoms with Crippen molar-refractivity contribution in [1.29, 1.82) is 0 Å². The maximum atomic E-state index is 14.1. The van der Waals surface area contributed by atoms with Crippen LogP contribution < -0.4 is 5.32 Å². The van der Waals surface area contributed by atoms with E-state index < -0.39 is 0 Å². The van der Waals surface area contributed by atoms with Crippen LogP contribution in [-0.4, -0.2) is 16.1 Å². The predicted octanol–water partition coefficient (Wildman–Crippen LogP) is 1.97. The summed E-state index contributed by atoms with van der Waals surface area (Å²) in [5.74, 6) is -0.161. The third-order valence-electron chi connectivity index (χ3n) is 3.21. The molecule has 0 aliphatic carbocycles. The van der Waals surface area contributed by atoms with Gasteiger partial charge in [0.05, 0.1) is 17.7 Å². The van der Waals surface area contributed by atoms with Crippen molar-refractivity contribution in [3.8, 4) is 5.69 Å². The number of nitrogens with zero attached hydrogens (tertiary/aromatic N) is 2. The van der Waals surface area contributed by atoms with Crippen molar-refractivity contribution in [2.24, 2.45) is 0 Å². The maximum absolute atomic E-state index is 14.1. The van der Waals surface area contributed by atoms with Crippen molar-refractivity contribution in [3.05, 3.63) is 47.3 Å². The van der Waals surface area contributed by atoms with Crippen molar-refractivity contribution >= 4 is 0 Å². The Morgan fingerprint density at radius 3 is 3.18 bits per heavy atom. The Morgan fingerprint density at radius 2 is 2.29 bits per heavy atom. The zero-order valence-corrected chi connectivity index (χ0v) is 9.70. The Labute approximate surface area is 99.3 Å². The average Bonchev–Trinajstić information content (AvgIpc) is 2.77. The fraction of sp³-hybridized carbons (Fsp3) is 0.308. The minimum Gasteiger partial charge on any atom is -0.311 e. The Bertz CT molecular complexity index is 560. The lowest BCUT2D eigenvalue weighted by atomic mass is 10.1. The van der Waals surface area contributed by atoms with Gasteiger partial charge in [0.25, 0.3) is 0 Å². The monoisotopic (exact) mass is 231 g/mol. The highest BCUT2D eigenvalue weighted by molar-refractivity contribution is 5.40. The Balaban J connectivity index is 2.15. The fourth-order valence-corrected chi connectivity index (χ4v) is 2.26. The first-order valence-corrected chi connectivity index (χ1v) is 5.78. The van der Waals surface area contributed by atoms with E-state index in [0.29, 0.717) is 11.3 Å². The first kappa shape index (κ1) is 10.5. The SMILES string of the molecule is Cc1cccc(-n2cnc3c2CCNC3)c1F. The molecule has 0 atom stereocenters. The van der Waals surface area contributed by atoms with E-state index in [1.807, 2.05) is 10.6 Å². The highest BCUT2D eigenvalue weighted by atomic mass is 19.1. The topological polar surface area (TPSA) is 29.9 Å². The number of benzene rings is 1. The van der Waals surface area contributed by atoms with Crippen LogP contribution in [0.1, 0.15) is 17.0 Å². The Hall–Kier alpha value is -1.68. The van der Waals surface area contributed by atoms with E-state index in [1.165, 1.54) is 0 Å². The molecule has 1 N–H and O–H groups in total. The van der Waals surface area contributed by atoms with E-state index in [4.69, 9.17) is 0 Å². The summed E-state index contributed by atoms with van der Waals surface area (Å²) in [7, 11) is 0. The molecular weight excluding hydrogens is 217 g/mol. The number of halogens is 1. The summed E-state index contributed by atoms with van der Waals surface area (Å²) in [5, 5.41) is 3.26. The number of fused-ring (bicyclic) bond motifs is 1. The minimum absolute atomic E-state index is 0.161. The molecule has 0 fully saturated rings. The predicted molar refractivity (Wildman–Crippen MR) is 63.7 cm³/mol. The van der Waals surface area contributed by atoms with Crippen LogP contribution in [0.25, 0.3) is 5.69 Å². The van der Waals surface area contributed by atoms with E-state index in [-0.39, 0.29) is 5.82 Å². The van der Waals surface area contributed by atoms with E-state index in [0.717, 1.165) is 30.9 Å². The van der Waals surface area contributed by atoms with Crippen molar-refractivity contribution in [3.63, 3.8) is 0 Å². The number of aromatic nitrogens is 2. The summed E-state index contributed by atoms with van der Waals surface area (Å²) in [6.45, 7) is 3.48. The molecule has 2 aromatic rings. The molecule has 1 aliphatic heterocycles. The third kappa shape index (κ3) is 1.65. The molecule has 0 unspecified atom stereocenters. The van der Waals surface area contributed by atoms with Crippen molar-refractivity contribution in [2.75, 3.05) is 6.54 Å². The van der Waals surface area contributed by atoms with Crippen LogP contribution in [0.4, 0.5) is 4.39 Å². The van der Waals surface area contributed by atoms with Gasteiger partial charge in [-0.3, -0.25) is 4.57 Å². The van der Waals surface area contributed by atoms with Crippen molar-refractivity contribution in [2.45, 2.75) is 19.9 Å². The molecule has 0 radical (unpaired) electrons. The van der Waals surface area contributed by atoms with Crippen LogP contribution in [0, 0.1) is 12.7 Å². The first-order valence-electron chi connectivity index (χ1n) is 5.78. The van der Waals surface area contributed by atoms with Crippen LogP contribution in [-0.2, 0) is 13.0 Å². The Morgan fingerprint density at radius 1 is 1.41 bits per heavy atom. The zero-order chi connectivity index (χ0) is 11.8. The molecule has 1 aromatic carbocycles. The van der Waals surface area contributed by atoms with Gasteiger partial charge in [0.15, 0.2) is 0 Å². The molecule has 0 spiro atoms. The van der Waals surface area contributed by atoms with E-state index >= 15 is 0 Å². The lowest BCUT2D eigenvalue weighted by Crippen LogP contribution is -2.24. The second-order valence-corrected chi connectivity index (χ2v) is 4.34. The zero-order valence-electron chi connectivity index (χ0n) is 9.70.